The Labute approximate surface area is 97.4 Å². The Bertz CT molecular complexity index is 440. The molecule has 0 amide bonds. The van der Waals surface area contributed by atoms with Crippen LogP contribution in [0.4, 0.5) is 4.39 Å². The maximum absolute atomic E-state index is 13.5. The normalized spacial score (nSPS) is 17.9. The molecular weight excluding hydrogens is 231 g/mol. The van der Waals surface area contributed by atoms with Crippen LogP contribution >= 0.6 is 11.6 Å². The molecule has 0 radical (unpaired) electrons. The van der Waals surface area contributed by atoms with E-state index in [9.17, 15) is 14.0 Å². The summed E-state index contributed by atoms with van der Waals surface area (Å²) in [4.78, 5) is 22.6. The molecule has 0 unspecified atom stereocenters. The van der Waals surface area contributed by atoms with Crippen molar-refractivity contribution in [3.8, 4) is 0 Å². The van der Waals surface area contributed by atoms with Crippen LogP contribution in [-0.4, -0.2) is 11.6 Å². The minimum atomic E-state index is -0.406. The Balaban J connectivity index is 2.32. The zero-order valence-corrected chi connectivity index (χ0v) is 9.26. The monoisotopic (exact) mass is 240 g/mol. The standard InChI is InChI=1S/C12H10ClFO2/c13-8-1-2-12(14)11(5-8)7-3-9(15)6-10(16)4-7/h1-2,5,7H,3-4,6H2. The van der Waals surface area contributed by atoms with Crippen LogP contribution in [0.2, 0.25) is 5.02 Å². The molecule has 0 spiro atoms. The molecule has 1 fully saturated rings. The first-order valence-electron chi connectivity index (χ1n) is 5.04. The number of rotatable bonds is 1. The highest BCUT2D eigenvalue weighted by Crippen LogP contribution is 2.32. The van der Waals surface area contributed by atoms with Crippen LogP contribution in [0, 0.1) is 5.82 Å². The Morgan fingerprint density at radius 1 is 1.19 bits per heavy atom. The molecule has 84 valence electrons. The second-order valence-electron chi connectivity index (χ2n) is 4.03. The number of carbonyl (C=O) groups is 2. The number of benzene rings is 1. The lowest BCUT2D eigenvalue weighted by atomic mass is 9.82. The lowest BCUT2D eigenvalue weighted by molar-refractivity contribution is -0.130. The summed E-state index contributed by atoms with van der Waals surface area (Å²) in [6, 6.07) is 4.21. The van der Waals surface area contributed by atoms with E-state index in [1.54, 1.807) is 0 Å². The molecule has 0 aliphatic heterocycles. The van der Waals surface area contributed by atoms with E-state index in [1.165, 1.54) is 18.2 Å². The Kier molecular flexibility index (Phi) is 3.06. The summed E-state index contributed by atoms with van der Waals surface area (Å²) < 4.78 is 13.5. The van der Waals surface area contributed by atoms with Crippen molar-refractivity contribution < 1.29 is 14.0 Å². The third-order valence-electron chi connectivity index (χ3n) is 2.74. The van der Waals surface area contributed by atoms with Crippen LogP contribution < -0.4 is 0 Å². The van der Waals surface area contributed by atoms with Crippen molar-refractivity contribution in [3.63, 3.8) is 0 Å². The molecule has 0 heterocycles. The number of ketones is 2. The first-order chi connectivity index (χ1) is 7.56. The predicted octanol–water partition coefficient (Wildman–Crippen LogP) is 2.88. The third-order valence-corrected chi connectivity index (χ3v) is 2.98. The van der Waals surface area contributed by atoms with Gasteiger partial charge in [0.25, 0.3) is 0 Å². The minimum absolute atomic E-state index is 0.0152. The van der Waals surface area contributed by atoms with E-state index in [2.05, 4.69) is 0 Å². The van der Waals surface area contributed by atoms with Gasteiger partial charge in [-0.2, -0.15) is 0 Å². The Morgan fingerprint density at radius 3 is 2.44 bits per heavy atom. The fourth-order valence-corrected chi connectivity index (χ4v) is 2.21. The molecule has 0 bridgehead atoms. The van der Waals surface area contributed by atoms with Gasteiger partial charge in [0.15, 0.2) is 0 Å². The first-order valence-corrected chi connectivity index (χ1v) is 5.42. The van der Waals surface area contributed by atoms with E-state index in [1.807, 2.05) is 0 Å². The topological polar surface area (TPSA) is 34.1 Å². The number of halogens is 2. The minimum Gasteiger partial charge on any atom is -0.299 e. The van der Waals surface area contributed by atoms with Crippen molar-refractivity contribution in [2.45, 2.75) is 25.2 Å². The highest BCUT2D eigenvalue weighted by atomic mass is 35.5. The molecule has 2 nitrogen and oxygen atoms in total. The molecule has 1 aliphatic rings. The molecule has 0 N–H and O–H groups in total. The van der Waals surface area contributed by atoms with Crippen LogP contribution in [0.25, 0.3) is 0 Å². The van der Waals surface area contributed by atoms with Crippen LogP contribution in [-0.2, 0) is 9.59 Å². The average molecular weight is 241 g/mol. The van der Waals surface area contributed by atoms with Crippen molar-refractivity contribution in [2.24, 2.45) is 0 Å². The zero-order valence-electron chi connectivity index (χ0n) is 8.50. The summed E-state index contributed by atoms with van der Waals surface area (Å²) in [7, 11) is 0. The number of hydrogen-bond donors (Lipinski definition) is 0. The number of Topliss-reactive ketones (excluding diaryl/α,β-unsaturated/α-hetero) is 2. The van der Waals surface area contributed by atoms with Crippen LogP contribution in [0.3, 0.4) is 0 Å². The van der Waals surface area contributed by atoms with Crippen molar-refractivity contribution >= 4 is 23.2 Å². The second-order valence-corrected chi connectivity index (χ2v) is 4.46. The molecule has 1 aromatic carbocycles. The van der Waals surface area contributed by atoms with Gasteiger partial charge in [-0.3, -0.25) is 9.59 Å². The highest BCUT2D eigenvalue weighted by molar-refractivity contribution is 6.30. The van der Waals surface area contributed by atoms with Gasteiger partial charge in [-0.1, -0.05) is 11.6 Å². The molecule has 1 aliphatic carbocycles. The summed E-state index contributed by atoms with van der Waals surface area (Å²) in [5.74, 6) is -1.01. The molecule has 0 atom stereocenters. The molecule has 2 rings (SSSR count). The lowest BCUT2D eigenvalue weighted by Crippen LogP contribution is -2.21. The van der Waals surface area contributed by atoms with E-state index >= 15 is 0 Å². The van der Waals surface area contributed by atoms with Gasteiger partial charge in [0.05, 0.1) is 6.42 Å². The Morgan fingerprint density at radius 2 is 1.81 bits per heavy atom. The average Bonchev–Trinajstić information content (AvgIpc) is 2.20. The SMILES string of the molecule is O=C1CC(=O)CC(c2cc(Cl)ccc2F)C1. The maximum atomic E-state index is 13.5. The van der Waals surface area contributed by atoms with E-state index in [0.29, 0.717) is 10.6 Å². The maximum Gasteiger partial charge on any atom is 0.140 e. The molecule has 16 heavy (non-hydrogen) atoms. The van der Waals surface area contributed by atoms with Gasteiger partial charge in [0, 0.05) is 23.8 Å². The molecule has 0 aromatic heterocycles. The first kappa shape index (κ1) is 11.3. The van der Waals surface area contributed by atoms with Crippen molar-refractivity contribution in [2.75, 3.05) is 0 Å². The van der Waals surface area contributed by atoms with E-state index in [-0.39, 0.29) is 36.7 Å². The molecule has 0 saturated heterocycles. The van der Waals surface area contributed by atoms with Crippen LogP contribution in [0.5, 0.6) is 0 Å². The summed E-state index contributed by atoms with van der Waals surface area (Å²) in [6.45, 7) is 0. The Hall–Kier alpha value is -1.22. The molecule has 4 heteroatoms. The van der Waals surface area contributed by atoms with Gasteiger partial charge in [-0.25, -0.2) is 4.39 Å². The van der Waals surface area contributed by atoms with Gasteiger partial charge in [0.2, 0.25) is 0 Å². The molecular formula is C12H10ClFO2. The quantitative estimate of drug-likeness (QED) is 0.708. The van der Waals surface area contributed by atoms with Crippen LogP contribution in [0.1, 0.15) is 30.7 Å². The number of hydrogen-bond acceptors (Lipinski definition) is 2. The fourth-order valence-electron chi connectivity index (χ4n) is 2.03. The molecule has 1 aromatic rings. The summed E-state index contributed by atoms with van der Waals surface area (Å²) >= 11 is 5.77. The molecule has 1 saturated carbocycles. The van der Waals surface area contributed by atoms with Gasteiger partial charge < -0.3 is 0 Å². The summed E-state index contributed by atoms with van der Waals surface area (Å²) in [5, 5.41) is 0.418. The van der Waals surface area contributed by atoms with Crippen molar-refractivity contribution in [1.29, 1.82) is 0 Å². The van der Waals surface area contributed by atoms with Gasteiger partial charge >= 0.3 is 0 Å². The predicted molar refractivity (Wildman–Crippen MR) is 58.0 cm³/mol. The van der Waals surface area contributed by atoms with Gasteiger partial charge in [-0.05, 0) is 23.8 Å². The second kappa shape index (κ2) is 4.34. The van der Waals surface area contributed by atoms with Gasteiger partial charge in [0.1, 0.15) is 17.4 Å². The van der Waals surface area contributed by atoms with Crippen molar-refractivity contribution in [1.82, 2.24) is 0 Å². The summed E-state index contributed by atoms with van der Waals surface area (Å²) in [5.41, 5.74) is 0.369. The van der Waals surface area contributed by atoms with E-state index in [0.717, 1.165) is 0 Å². The number of carbonyl (C=O) groups excluding carboxylic acids is 2. The smallest absolute Gasteiger partial charge is 0.140 e. The fraction of sp³-hybridized carbons (Fsp3) is 0.333. The summed E-state index contributed by atoms with van der Waals surface area (Å²) in [6.07, 6.45) is 0.435. The van der Waals surface area contributed by atoms with Crippen LogP contribution in [0.15, 0.2) is 18.2 Å². The third kappa shape index (κ3) is 2.30. The highest BCUT2D eigenvalue weighted by Gasteiger charge is 2.28. The largest absolute Gasteiger partial charge is 0.299 e. The zero-order chi connectivity index (χ0) is 11.7. The van der Waals surface area contributed by atoms with Crippen molar-refractivity contribution in [3.05, 3.63) is 34.6 Å². The van der Waals surface area contributed by atoms with Gasteiger partial charge in [-0.15, -0.1) is 0 Å². The lowest BCUT2D eigenvalue weighted by Gasteiger charge is -2.20. The van der Waals surface area contributed by atoms with E-state index < -0.39 is 5.82 Å². The van der Waals surface area contributed by atoms with E-state index in [4.69, 9.17) is 11.6 Å².